The Morgan fingerprint density at radius 1 is 1.61 bits per heavy atom. The normalized spacial score (nSPS) is 16.7. The number of amides is 1. The number of carbonyl (C=O) groups excluding carboxylic acids is 1. The zero-order valence-corrected chi connectivity index (χ0v) is 10.3. The van der Waals surface area contributed by atoms with Crippen LogP contribution in [0.1, 0.15) is 22.5 Å². The van der Waals surface area contributed by atoms with E-state index in [0.717, 1.165) is 18.2 Å². The fourth-order valence-electron chi connectivity index (χ4n) is 1.81. The summed E-state index contributed by atoms with van der Waals surface area (Å²) in [5, 5.41) is 20.5. The van der Waals surface area contributed by atoms with Crippen molar-refractivity contribution in [3.8, 4) is 0 Å². The van der Waals surface area contributed by atoms with Gasteiger partial charge in [-0.3, -0.25) is 4.79 Å². The molecule has 0 spiro atoms. The molecular weight excluding hydrogens is 252 g/mol. The lowest BCUT2D eigenvalue weighted by molar-refractivity contribution is 0.0912. The van der Waals surface area contributed by atoms with E-state index in [-0.39, 0.29) is 12.5 Å². The van der Waals surface area contributed by atoms with Gasteiger partial charge in [-0.1, -0.05) is 0 Å². The Morgan fingerprint density at radius 2 is 2.39 bits per heavy atom. The van der Waals surface area contributed by atoms with Gasteiger partial charge in [0.25, 0.3) is 5.91 Å². The van der Waals surface area contributed by atoms with Gasteiger partial charge in [0.1, 0.15) is 9.71 Å². The van der Waals surface area contributed by atoms with Gasteiger partial charge in [0.15, 0.2) is 0 Å². The summed E-state index contributed by atoms with van der Waals surface area (Å²) in [7, 11) is 0. The smallest absolute Gasteiger partial charge is 0.264 e. The Kier molecular flexibility index (Phi) is 2.46. The largest absolute Gasteiger partial charge is 0.397 e. The van der Waals surface area contributed by atoms with Crippen LogP contribution in [0.3, 0.4) is 0 Å². The topological polar surface area (TPSA) is 101 Å². The van der Waals surface area contributed by atoms with Crippen LogP contribution in [0.4, 0.5) is 5.69 Å². The van der Waals surface area contributed by atoms with E-state index in [1.54, 1.807) is 12.3 Å². The predicted molar refractivity (Wildman–Crippen MR) is 68.3 cm³/mol. The number of nitrogens with one attached hydrogen (secondary N) is 1. The van der Waals surface area contributed by atoms with Crippen LogP contribution in [-0.2, 0) is 0 Å². The molecule has 0 aromatic carbocycles. The molecule has 7 heteroatoms. The lowest BCUT2D eigenvalue weighted by Gasteiger charge is -2.13. The number of anilines is 1. The SMILES string of the molecule is Nc1c(C(=O)NC2(CO)CC2)sc2nnccc12. The Labute approximate surface area is 107 Å². The second-order valence-electron chi connectivity index (χ2n) is 4.49. The third-order valence-electron chi connectivity index (χ3n) is 3.16. The van der Waals surface area contributed by atoms with Crippen LogP contribution in [-0.4, -0.2) is 33.4 Å². The van der Waals surface area contributed by atoms with Gasteiger partial charge in [0, 0.05) is 5.39 Å². The Morgan fingerprint density at radius 3 is 3.00 bits per heavy atom. The summed E-state index contributed by atoms with van der Waals surface area (Å²) in [5.74, 6) is -0.248. The van der Waals surface area contributed by atoms with E-state index in [1.165, 1.54) is 11.3 Å². The minimum atomic E-state index is -0.439. The van der Waals surface area contributed by atoms with Crippen molar-refractivity contribution in [2.24, 2.45) is 0 Å². The second kappa shape index (κ2) is 3.89. The summed E-state index contributed by atoms with van der Waals surface area (Å²) >= 11 is 1.22. The molecule has 0 unspecified atom stereocenters. The average molecular weight is 264 g/mol. The number of hydrogen-bond donors (Lipinski definition) is 3. The van der Waals surface area contributed by atoms with Gasteiger partial charge >= 0.3 is 0 Å². The number of carbonyl (C=O) groups is 1. The van der Waals surface area contributed by atoms with Crippen molar-refractivity contribution in [1.82, 2.24) is 15.5 Å². The molecule has 0 saturated heterocycles. The van der Waals surface area contributed by atoms with Gasteiger partial charge in [-0.05, 0) is 18.9 Å². The first-order valence-corrected chi connectivity index (χ1v) is 6.40. The van der Waals surface area contributed by atoms with E-state index in [0.29, 0.717) is 15.4 Å². The molecule has 0 atom stereocenters. The summed E-state index contributed by atoms with van der Waals surface area (Å²) in [6, 6.07) is 1.74. The van der Waals surface area contributed by atoms with Crippen molar-refractivity contribution in [2.75, 3.05) is 12.3 Å². The van der Waals surface area contributed by atoms with Gasteiger partial charge < -0.3 is 16.2 Å². The number of aliphatic hydroxyl groups excluding tert-OH is 1. The third kappa shape index (κ3) is 1.72. The van der Waals surface area contributed by atoms with E-state index in [9.17, 15) is 9.90 Å². The van der Waals surface area contributed by atoms with Crippen molar-refractivity contribution in [3.63, 3.8) is 0 Å². The molecule has 6 nitrogen and oxygen atoms in total. The molecule has 0 bridgehead atoms. The molecule has 0 aliphatic heterocycles. The van der Waals surface area contributed by atoms with E-state index in [2.05, 4.69) is 15.5 Å². The van der Waals surface area contributed by atoms with Gasteiger partial charge in [-0.2, -0.15) is 5.10 Å². The Bertz CT molecular complexity index is 621. The molecule has 1 aliphatic rings. The van der Waals surface area contributed by atoms with E-state index in [1.807, 2.05) is 0 Å². The molecular formula is C11H12N4O2S. The molecule has 1 saturated carbocycles. The van der Waals surface area contributed by atoms with Gasteiger partial charge in [-0.25, -0.2) is 0 Å². The zero-order chi connectivity index (χ0) is 12.8. The molecule has 1 amide bonds. The molecule has 1 aliphatic carbocycles. The van der Waals surface area contributed by atoms with Crippen LogP contribution < -0.4 is 11.1 Å². The molecule has 94 valence electrons. The zero-order valence-electron chi connectivity index (χ0n) is 9.51. The molecule has 3 rings (SSSR count). The Hall–Kier alpha value is -1.73. The monoisotopic (exact) mass is 264 g/mol. The maximum atomic E-state index is 12.1. The number of hydrogen-bond acceptors (Lipinski definition) is 6. The third-order valence-corrected chi connectivity index (χ3v) is 4.27. The first-order valence-electron chi connectivity index (χ1n) is 5.58. The van der Waals surface area contributed by atoms with E-state index < -0.39 is 5.54 Å². The summed E-state index contributed by atoms with van der Waals surface area (Å²) in [4.78, 5) is 13.2. The summed E-state index contributed by atoms with van der Waals surface area (Å²) in [5.41, 5.74) is 5.93. The first kappa shape index (κ1) is 11.4. The molecule has 18 heavy (non-hydrogen) atoms. The van der Waals surface area contributed by atoms with Crippen LogP contribution in [0, 0.1) is 0 Å². The lowest BCUT2D eigenvalue weighted by Crippen LogP contribution is -2.39. The maximum absolute atomic E-state index is 12.1. The quantitative estimate of drug-likeness (QED) is 0.750. The molecule has 2 aromatic heterocycles. The maximum Gasteiger partial charge on any atom is 0.264 e. The summed E-state index contributed by atoms with van der Waals surface area (Å²) < 4.78 is 0. The van der Waals surface area contributed by atoms with Gasteiger partial charge in [0.2, 0.25) is 0 Å². The van der Waals surface area contributed by atoms with E-state index in [4.69, 9.17) is 5.73 Å². The molecule has 1 fully saturated rings. The highest BCUT2D eigenvalue weighted by atomic mass is 32.1. The second-order valence-corrected chi connectivity index (χ2v) is 5.49. The van der Waals surface area contributed by atoms with Crippen LogP contribution in [0.25, 0.3) is 10.2 Å². The number of thiophene rings is 1. The first-order chi connectivity index (χ1) is 8.65. The minimum Gasteiger partial charge on any atom is -0.397 e. The van der Waals surface area contributed by atoms with Crippen LogP contribution in [0.5, 0.6) is 0 Å². The Balaban J connectivity index is 1.94. The minimum absolute atomic E-state index is 0.0383. The molecule has 4 N–H and O–H groups in total. The summed E-state index contributed by atoms with van der Waals surface area (Å²) in [6.07, 6.45) is 3.16. The van der Waals surface area contributed by atoms with Crippen molar-refractivity contribution in [2.45, 2.75) is 18.4 Å². The number of nitrogens with two attached hydrogens (primary N) is 1. The molecule has 0 radical (unpaired) electrons. The number of aliphatic hydroxyl groups is 1. The van der Waals surface area contributed by atoms with Crippen molar-refractivity contribution >= 4 is 33.1 Å². The fourth-order valence-corrected chi connectivity index (χ4v) is 2.75. The average Bonchev–Trinajstić information content (AvgIpc) is 3.08. The highest BCUT2D eigenvalue weighted by molar-refractivity contribution is 7.21. The van der Waals surface area contributed by atoms with E-state index >= 15 is 0 Å². The molecule has 2 heterocycles. The van der Waals surface area contributed by atoms with Crippen molar-refractivity contribution in [1.29, 1.82) is 0 Å². The fraction of sp³-hybridized carbons (Fsp3) is 0.364. The van der Waals surface area contributed by atoms with Crippen molar-refractivity contribution < 1.29 is 9.90 Å². The number of nitrogen functional groups attached to an aromatic ring is 1. The predicted octanol–water partition coefficient (Wildman–Crippen LogP) is 0.528. The molecule has 2 aromatic rings. The summed E-state index contributed by atoms with van der Waals surface area (Å²) in [6.45, 7) is -0.0383. The number of rotatable bonds is 3. The van der Waals surface area contributed by atoms with Crippen LogP contribution in [0.15, 0.2) is 12.3 Å². The highest BCUT2D eigenvalue weighted by Crippen LogP contribution is 2.37. The number of fused-ring (bicyclic) bond motifs is 1. The van der Waals surface area contributed by atoms with Gasteiger partial charge in [0.05, 0.1) is 24.0 Å². The number of aromatic nitrogens is 2. The van der Waals surface area contributed by atoms with Gasteiger partial charge in [-0.15, -0.1) is 16.4 Å². The lowest BCUT2D eigenvalue weighted by atomic mass is 10.2. The van der Waals surface area contributed by atoms with Crippen LogP contribution >= 0.6 is 11.3 Å². The highest BCUT2D eigenvalue weighted by Gasteiger charge is 2.44. The standard InChI is InChI=1S/C11H12N4O2S/c12-7-6-1-4-13-15-10(6)18-8(7)9(17)14-11(5-16)2-3-11/h1,4,16H,2-3,5,12H2,(H,14,17). The van der Waals surface area contributed by atoms with Crippen LogP contribution in [0.2, 0.25) is 0 Å². The van der Waals surface area contributed by atoms with Crippen molar-refractivity contribution in [3.05, 3.63) is 17.1 Å². The number of nitrogens with zero attached hydrogens (tertiary/aromatic N) is 2.